The average molecular weight is 459 g/mol. The minimum absolute atomic E-state index is 0.0542. The normalized spacial score (nSPS) is 11.8. The van der Waals surface area contributed by atoms with E-state index >= 15 is 0 Å². The summed E-state index contributed by atoms with van der Waals surface area (Å²) in [6.45, 7) is 12.6. The lowest BCUT2D eigenvalue weighted by molar-refractivity contribution is -0.157. The van der Waals surface area contributed by atoms with Crippen molar-refractivity contribution in [2.24, 2.45) is 5.41 Å². The molecule has 0 unspecified atom stereocenters. The maximum Gasteiger partial charge on any atom is 0.311 e. The first kappa shape index (κ1) is 31.4. The third kappa shape index (κ3) is 18.9. The molecule has 0 atom stereocenters. The van der Waals surface area contributed by atoms with Crippen LogP contribution in [0.25, 0.3) is 0 Å². The van der Waals surface area contributed by atoms with Crippen LogP contribution in [0.2, 0.25) is 0 Å². The van der Waals surface area contributed by atoms with Gasteiger partial charge < -0.3 is 18.9 Å². The van der Waals surface area contributed by atoms with Crippen molar-refractivity contribution in [3.8, 4) is 0 Å². The Labute approximate surface area is 199 Å². The molecular weight excluding hydrogens is 404 g/mol. The Hall–Kier alpha value is -0.650. The maximum atomic E-state index is 12.8. The van der Waals surface area contributed by atoms with Crippen LogP contribution in [0.3, 0.4) is 0 Å². The second kappa shape index (κ2) is 23.5. The van der Waals surface area contributed by atoms with Crippen molar-refractivity contribution in [2.45, 2.75) is 118 Å². The Morgan fingerprint density at radius 1 is 0.531 bits per heavy atom. The zero-order chi connectivity index (χ0) is 23.8. The molecule has 0 saturated heterocycles. The van der Waals surface area contributed by atoms with Crippen molar-refractivity contribution in [2.75, 3.05) is 46.2 Å². The summed E-state index contributed by atoms with van der Waals surface area (Å²) in [4.78, 5) is 12.8. The minimum atomic E-state index is -0.360. The molecule has 192 valence electrons. The second-order valence-corrected chi connectivity index (χ2v) is 9.22. The molecule has 0 spiro atoms. The van der Waals surface area contributed by atoms with E-state index in [1.165, 1.54) is 57.8 Å². The molecule has 0 aliphatic rings. The van der Waals surface area contributed by atoms with Crippen molar-refractivity contribution in [1.29, 1.82) is 0 Å². The summed E-state index contributed by atoms with van der Waals surface area (Å²) < 4.78 is 22.2. The summed E-state index contributed by atoms with van der Waals surface area (Å²) in [7, 11) is 0. The fourth-order valence-electron chi connectivity index (χ4n) is 3.75. The molecule has 0 fully saturated rings. The van der Waals surface area contributed by atoms with Gasteiger partial charge in [-0.25, -0.2) is 0 Å². The predicted octanol–water partition coefficient (Wildman–Crippen LogP) is 7.11. The van der Waals surface area contributed by atoms with E-state index in [4.69, 9.17) is 18.9 Å². The van der Waals surface area contributed by atoms with E-state index in [0.29, 0.717) is 39.6 Å². The van der Waals surface area contributed by atoms with Crippen molar-refractivity contribution in [3.63, 3.8) is 0 Å². The highest BCUT2D eigenvalue weighted by molar-refractivity contribution is 5.76. The Kier molecular flexibility index (Phi) is 23.0. The van der Waals surface area contributed by atoms with E-state index in [-0.39, 0.29) is 11.4 Å². The lowest BCUT2D eigenvalue weighted by Gasteiger charge is -2.27. The lowest BCUT2D eigenvalue weighted by Crippen LogP contribution is -2.31. The largest absolute Gasteiger partial charge is 0.463 e. The van der Waals surface area contributed by atoms with Crippen LogP contribution in [0.1, 0.15) is 118 Å². The minimum Gasteiger partial charge on any atom is -0.463 e. The molecule has 5 heteroatoms. The Balaban J connectivity index is 3.84. The van der Waals surface area contributed by atoms with E-state index in [2.05, 4.69) is 27.7 Å². The van der Waals surface area contributed by atoms with E-state index < -0.39 is 0 Å². The molecule has 0 N–H and O–H groups in total. The van der Waals surface area contributed by atoms with E-state index in [1.54, 1.807) is 0 Å². The first-order valence-electron chi connectivity index (χ1n) is 13.5. The number of hydrogen-bond donors (Lipinski definition) is 0. The van der Waals surface area contributed by atoms with Crippen LogP contribution in [0.15, 0.2) is 0 Å². The monoisotopic (exact) mass is 458 g/mol. The van der Waals surface area contributed by atoms with Gasteiger partial charge in [-0.05, 0) is 26.2 Å². The van der Waals surface area contributed by atoms with Crippen LogP contribution in [0, 0.1) is 5.41 Å². The fraction of sp³-hybridized carbons (Fsp3) is 0.963. The lowest BCUT2D eigenvalue weighted by atomic mass is 9.79. The topological polar surface area (TPSA) is 54.0 Å². The highest BCUT2D eigenvalue weighted by atomic mass is 16.6. The van der Waals surface area contributed by atoms with Gasteiger partial charge >= 0.3 is 5.97 Å². The number of ether oxygens (including phenoxy) is 4. The molecule has 0 aromatic heterocycles. The molecule has 0 amide bonds. The SMILES string of the molecule is CCCCCCOCCOCCOCCOC(=O)C(C)(CCCCCC)CCCCCC. The van der Waals surface area contributed by atoms with Gasteiger partial charge in [-0.15, -0.1) is 0 Å². The van der Waals surface area contributed by atoms with Crippen LogP contribution in [-0.4, -0.2) is 52.2 Å². The standard InChI is InChI=1S/C27H54O5/c1-5-8-11-14-17-27(4,18-15-12-9-6-2)26(28)32-25-24-31-23-22-30-21-20-29-19-16-13-10-7-3/h5-25H2,1-4H3. The van der Waals surface area contributed by atoms with Gasteiger partial charge in [0.05, 0.1) is 38.4 Å². The highest BCUT2D eigenvalue weighted by Gasteiger charge is 2.33. The van der Waals surface area contributed by atoms with Crippen LogP contribution in [0.5, 0.6) is 0 Å². The molecule has 0 rings (SSSR count). The van der Waals surface area contributed by atoms with Gasteiger partial charge in [0.15, 0.2) is 0 Å². The molecular formula is C27H54O5. The number of esters is 1. The molecule has 32 heavy (non-hydrogen) atoms. The van der Waals surface area contributed by atoms with Gasteiger partial charge in [0.1, 0.15) is 6.61 Å². The number of hydrogen-bond acceptors (Lipinski definition) is 5. The van der Waals surface area contributed by atoms with Gasteiger partial charge in [0.25, 0.3) is 0 Å². The van der Waals surface area contributed by atoms with Gasteiger partial charge in [0, 0.05) is 6.61 Å². The third-order valence-corrected chi connectivity index (χ3v) is 6.00. The van der Waals surface area contributed by atoms with Crippen LogP contribution in [0.4, 0.5) is 0 Å². The van der Waals surface area contributed by atoms with Gasteiger partial charge in [0.2, 0.25) is 0 Å². The Bertz CT molecular complexity index is 388. The van der Waals surface area contributed by atoms with Crippen LogP contribution in [-0.2, 0) is 23.7 Å². The zero-order valence-corrected chi connectivity index (χ0v) is 21.9. The van der Waals surface area contributed by atoms with Gasteiger partial charge in [-0.2, -0.15) is 0 Å². The third-order valence-electron chi connectivity index (χ3n) is 6.00. The first-order chi connectivity index (χ1) is 15.6. The summed E-state index contributed by atoms with van der Waals surface area (Å²) in [5.74, 6) is -0.0542. The van der Waals surface area contributed by atoms with E-state index in [9.17, 15) is 4.79 Å². The first-order valence-corrected chi connectivity index (χ1v) is 13.5. The maximum absolute atomic E-state index is 12.8. The fourth-order valence-corrected chi connectivity index (χ4v) is 3.75. The van der Waals surface area contributed by atoms with Crippen molar-refractivity contribution < 1.29 is 23.7 Å². The molecule has 0 radical (unpaired) electrons. The molecule has 0 bridgehead atoms. The molecule has 5 nitrogen and oxygen atoms in total. The van der Waals surface area contributed by atoms with E-state index in [0.717, 1.165) is 38.7 Å². The summed E-state index contributed by atoms with van der Waals surface area (Å²) in [6, 6.07) is 0. The van der Waals surface area contributed by atoms with E-state index in [1.807, 2.05) is 0 Å². The summed E-state index contributed by atoms with van der Waals surface area (Å²) >= 11 is 0. The average Bonchev–Trinajstić information content (AvgIpc) is 2.79. The second-order valence-electron chi connectivity index (χ2n) is 9.22. The molecule has 0 aliphatic carbocycles. The van der Waals surface area contributed by atoms with Crippen LogP contribution < -0.4 is 0 Å². The summed E-state index contributed by atoms with van der Waals surface area (Å²) in [5.41, 5.74) is -0.360. The summed E-state index contributed by atoms with van der Waals surface area (Å²) in [5, 5.41) is 0. The Morgan fingerprint density at radius 2 is 0.938 bits per heavy atom. The molecule has 0 heterocycles. The van der Waals surface area contributed by atoms with Crippen LogP contribution >= 0.6 is 0 Å². The predicted molar refractivity (Wildman–Crippen MR) is 133 cm³/mol. The van der Waals surface area contributed by atoms with Gasteiger partial charge in [-0.3, -0.25) is 4.79 Å². The molecule has 0 saturated carbocycles. The highest BCUT2D eigenvalue weighted by Crippen LogP contribution is 2.33. The number of rotatable bonds is 25. The van der Waals surface area contributed by atoms with Crippen molar-refractivity contribution >= 4 is 5.97 Å². The number of carbonyl (C=O) groups excluding carboxylic acids is 1. The van der Waals surface area contributed by atoms with Crippen molar-refractivity contribution in [3.05, 3.63) is 0 Å². The van der Waals surface area contributed by atoms with Crippen molar-refractivity contribution in [1.82, 2.24) is 0 Å². The number of carbonyl (C=O) groups is 1. The zero-order valence-electron chi connectivity index (χ0n) is 21.9. The quantitative estimate of drug-likeness (QED) is 0.108. The Morgan fingerprint density at radius 3 is 1.41 bits per heavy atom. The van der Waals surface area contributed by atoms with Gasteiger partial charge in [-0.1, -0.05) is 91.4 Å². The summed E-state index contributed by atoms with van der Waals surface area (Å²) in [6.07, 6.45) is 16.2. The molecule has 0 aliphatic heterocycles. The molecule has 0 aromatic carbocycles. The smallest absolute Gasteiger partial charge is 0.311 e. The number of unbranched alkanes of at least 4 members (excludes halogenated alkanes) is 9. The molecule has 0 aromatic rings.